The first kappa shape index (κ1) is 13.1. The van der Waals surface area contributed by atoms with Crippen molar-refractivity contribution in [1.82, 2.24) is 0 Å². The highest BCUT2D eigenvalue weighted by Crippen LogP contribution is 2.50. The van der Waals surface area contributed by atoms with Crippen molar-refractivity contribution in [2.24, 2.45) is 5.92 Å². The largest absolute Gasteiger partial charge is 0.486 e. The highest BCUT2D eigenvalue weighted by atomic mass is 19.1. The van der Waals surface area contributed by atoms with Gasteiger partial charge in [-0.15, -0.1) is 0 Å². The average Bonchev–Trinajstić information content (AvgIpc) is 3.15. The van der Waals surface area contributed by atoms with E-state index in [2.05, 4.69) is 6.92 Å². The van der Waals surface area contributed by atoms with Gasteiger partial charge in [0.15, 0.2) is 11.6 Å². The molecule has 1 fully saturated rings. The van der Waals surface area contributed by atoms with Gasteiger partial charge in [-0.2, -0.15) is 0 Å². The minimum atomic E-state index is -0.616. The van der Waals surface area contributed by atoms with Crippen LogP contribution in [0.15, 0.2) is 42.5 Å². The van der Waals surface area contributed by atoms with Crippen LogP contribution in [0, 0.1) is 17.6 Å². The minimum Gasteiger partial charge on any atom is -0.486 e. The monoisotopic (exact) mass is 274 g/mol. The Morgan fingerprint density at radius 2 is 1.85 bits per heavy atom. The summed E-state index contributed by atoms with van der Waals surface area (Å²) in [5, 5.41) is 0. The second kappa shape index (κ2) is 5.23. The van der Waals surface area contributed by atoms with E-state index in [0.29, 0.717) is 11.5 Å². The van der Waals surface area contributed by atoms with E-state index in [1.165, 1.54) is 6.07 Å². The van der Waals surface area contributed by atoms with E-state index < -0.39 is 11.6 Å². The van der Waals surface area contributed by atoms with Crippen LogP contribution < -0.4 is 4.74 Å². The summed E-state index contributed by atoms with van der Waals surface area (Å²) in [4.78, 5) is 0. The van der Waals surface area contributed by atoms with Gasteiger partial charge < -0.3 is 4.74 Å². The van der Waals surface area contributed by atoms with Gasteiger partial charge in [0.2, 0.25) is 0 Å². The minimum absolute atomic E-state index is 0.199. The van der Waals surface area contributed by atoms with Crippen LogP contribution in [-0.2, 0) is 6.61 Å². The molecule has 20 heavy (non-hydrogen) atoms. The van der Waals surface area contributed by atoms with Crippen LogP contribution in [0.3, 0.4) is 0 Å². The molecule has 0 saturated heterocycles. The molecular weight excluding hydrogens is 258 g/mol. The molecule has 104 valence electrons. The number of rotatable bonds is 4. The van der Waals surface area contributed by atoms with Crippen molar-refractivity contribution in [3.63, 3.8) is 0 Å². The standard InChI is InChI=1S/C17H16F2O/c1-11-7-14(11)15-8-13(18)9-16(19)17(15)20-10-12-5-3-2-4-6-12/h2-6,8-9,11,14H,7,10H2,1H3. The molecule has 2 atom stereocenters. The molecule has 1 saturated carbocycles. The molecule has 1 aliphatic carbocycles. The maximum atomic E-state index is 14.0. The Bertz CT molecular complexity index is 610. The fourth-order valence-electron chi connectivity index (χ4n) is 2.49. The van der Waals surface area contributed by atoms with Crippen molar-refractivity contribution in [1.29, 1.82) is 0 Å². The Labute approximate surface area is 117 Å². The SMILES string of the molecule is CC1CC1c1cc(F)cc(F)c1OCc1ccccc1. The third-order valence-corrected chi connectivity index (χ3v) is 3.77. The van der Waals surface area contributed by atoms with E-state index in [1.807, 2.05) is 30.3 Å². The van der Waals surface area contributed by atoms with Gasteiger partial charge >= 0.3 is 0 Å². The molecular formula is C17H16F2O. The Hall–Kier alpha value is -1.90. The third-order valence-electron chi connectivity index (χ3n) is 3.77. The number of hydrogen-bond donors (Lipinski definition) is 0. The molecule has 1 aliphatic rings. The molecule has 3 rings (SSSR count). The number of ether oxygens (including phenoxy) is 1. The smallest absolute Gasteiger partial charge is 0.168 e. The molecule has 0 aromatic heterocycles. The third kappa shape index (κ3) is 2.67. The Balaban J connectivity index is 1.85. The molecule has 0 aliphatic heterocycles. The van der Waals surface area contributed by atoms with Crippen LogP contribution in [0.5, 0.6) is 5.75 Å². The maximum Gasteiger partial charge on any atom is 0.168 e. The molecule has 0 heterocycles. The topological polar surface area (TPSA) is 9.23 Å². The van der Waals surface area contributed by atoms with Crippen LogP contribution in [0.25, 0.3) is 0 Å². The van der Waals surface area contributed by atoms with Crippen molar-refractivity contribution < 1.29 is 13.5 Å². The molecule has 0 amide bonds. The number of benzene rings is 2. The van der Waals surface area contributed by atoms with Crippen molar-refractivity contribution in [2.75, 3.05) is 0 Å². The van der Waals surface area contributed by atoms with Crippen LogP contribution >= 0.6 is 0 Å². The fourth-order valence-corrected chi connectivity index (χ4v) is 2.49. The summed E-state index contributed by atoms with van der Waals surface area (Å²) < 4.78 is 33.0. The van der Waals surface area contributed by atoms with Gasteiger partial charge in [0, 0.05) is 11.6 Å². The zero-order valence-corrected chi connectivity index (χ0v) is 11.3. The lowest BCUT2D eigenvalue weighted by atomic mass is 10.1. The van der Waals surface area contributed by atoms with Crippen molar-refractivity contribution in [3.05, 3.63) is 65.2 Å². The van der Waals surface area contributed by atoms with Gasteiger partial charge in [0.1, 0.15) is 12.4 Å². The first-order chi connectivity index (χ1) is 9.65. The van der Waals surface area contributed by atoms with E-state index in [-0.39, 0.29) is 18.3 Å². The molecule has 3 heteroatoms. The van der Waals surface area contributed by atoms with Crippen molar-refractivity contribution >= 4 is 0 Å². The predicted molar refractivity (Wildman–Crippen MR) is 73.7 cm³/mol. The molecule has 0 bridgehead atoms. The van der Waals surface area contributed by atoms with Crippen LogP contribution in [-0.4, -0.2) is 0 Å². The van der Waals surface area contributed by atoms with Crippen LogP contribution in [0.2, 0.25) is 0 Å². The second-order valence-corrected chi connectivity index (χ2v) is 5.40. The highest BCUT2D eigenvalue weighted by Gasteiger charge is 2.37. The Morgan fingerprint density at radius 3 is 2.50 bits per heavy atom. The summed E-state index contributed by atoms with van der Waals surface area (Å²) >= 11 is 0. The molecule has 0 N–H and O–H groups in total. The highest BCUT2D eigenvalue weighted by molar-refractivity contribution is 5.41. The molecule has 2 aromatic rings. The lowest BCUT2D eigenvalue weighted by molar-refractivity contribution is 0.285. The lowest BCUT2D eigenvalue weighted by Gasteiger charge is -2.13. The lowest BCUT2D eigenvalue weighted by Crippen LogP contribution is -2.02. The number of halogens is 2. The van der Waals surface area contributed by atoms with E-state index >= 15 is 0 Å². The summed E-state index contributed by atoms with van der Waals surface area (Å²) in [5.74, 6) is -0.274. The van der Waals surface area contributed by atoms with Gasteiger partial charge in [0.25, 0.3) is 0 Å². The first-order valence-electron chi connectivity index (χ1n) is 6.81. The van der Waals surface area contributed by atoms with E-state index in [1.54, 1.807) is 0 Å². The predicted octanol–water partition coefficient (Wildman–Crippen LogP) is 4.67. The van der Waals surface area contributed by atoms with E-state index in [4.69, 9.17) is 4.74 Å². The van der Waals surface area contributed by atoms with Gasteiger partial charge in [0.05, 0.1) is 0 Å². The zero-order valence-electron chi connectivity index (χ0n) is 11.3. The summed E-state index contributed by atoms with van der Waals surface area (Å²) in [6.45, 7) is 2.37. The van der Waals surface area contributed by atoms with Crippen molar-refractivity contribution in [3.8, 4) is 5.75 Å². The molecule has 0 spiro atoms. The Morgan fingerprint density at radius 1 is 1.15 bits per heavy atom. The zero-order chi connectivity index (χ0) is 14.1. The Kier molecular flexibility index (Phi) is 3.43. The van der Waals surface area contributed by atoms with Gasteiger partial charge in [-0.05, 0) is 29.9 Å². The quantitative estimate of drug-likeness (QED) is 0.787. The van der Waals surface area contributed by atoms with Gasteiger partial charge in [-0.25, -0.2) is 8.78 Å². The maximum absolute atomic E-state index is 14.0. The van der Waals surface area contributed by atoms with E-state index in [0.717, 1.165) is 18.1 Å². The second-order valence-electron chi connectivity index (χ2n) is 5.40. The molecule has 2 unspecified atom stereocenters. The molecule has 1 nitrogen and oxygen atoms in total. The summed E-state index contributed by atoms with van der Waals surface area (Å²) in [7, 11) is 0. The fraction of sp³-hybridized carbons (Fsp3) is 0.294. The first-order valence-corrected chi connectivity index (χ1v) is 6.81. The molecule has 0 radical (unpaired) electrons. The number of hydrogen-bond acceptors (Lipinski definition) is 1. The average molecular weight is 274 g/mol. The summed E-state index contributed by atoms with van der Waals surface area (Å²) in [6.07, 6.45) is 0.963. The van der Waals surface area contributed by atoms with Gasteiger partial charge in [-0.1, -0.05) is 37.3 Å². The summed E-state index contributed by atoms with van der Waals surface area (Å²) in [5.41, 5.74) is 1.62. The van der Waals surface area contributed by atoms with Crippen molar-refractivity contribution in [2.45, 2.75) is 25.9 Å². The van der Waals surface area contributed by atoms with Crippen LogP contribution in [0.4, 0.5) is 8.78 Å². The summed E-state index contributed by atoms with van der Waals surface area (Å²) in [6, 6.07) is 11.8. The molecule has 2 aromatic carbocycles. The van der Waals surface area contributed by atoms with E-state index in [9.17, 15) is 8.78 Å². The normalized spacial score (nSPS) is 20.8. The van der Waals surface area contributed by atoms with Gasteiger partial charge in [-0.3, -0.25) is 0 Å². The van der Waals surface area contributed by atoms with Crippen LogP contribution in [0.1, 0.15) is 30.4 Å².